The van der Waals surface area contributed by atoms with Gasteiger partial charge in [-0.2, -0.15) is 5.10 Å². The van der Waals surface area contributed by atoms with Gasteiger partial charge in [-0.05, 0) is 211 Å². The van der Waals surface area contributed by atoms with E-state index in [0.29, 0.717) is 71.7 Å². The van der Waals surface area contributed by atoms with Gasteiger partial charge in [0, 0.05) is 42.1 Å². The summed E-state index contributed by atoms with van der Waals surface area (Å²) in [6.45, 7) is 21.5. The quantitative estimate of drug-likeness (QED) is 0.154. The van der Waals surface area contributed by atoms with Crippen molar-refractivity contribution in [3.8, 4) is 0 Å². The molecule has 3 N–H and O–H groups in total. The van der Waals surface area contributed by atoms with Gasteiger partial charge in [0.25, 0.3) is 0 Å². The summed E-state index contributed by atoms with van der Waals surface area (Å²) in [7, 11) is 0. The molecule has 0 unspecified atom stereocenters. The number of ether oxygens (including phenoxy) is 3. The molecule has 0 radical (unpaired) electrons. The predicted molar refractivity (Wildman–Crippen MR) is 296 cm³/mol. The average molecular weight is 1040 g/mol. The standard InChI is InChI=1S/C37H49NO5.C29H43N3O/c1-22-14-33-34(38(19-22)35(41)42-21-25-8-6-5-7-9-25)24(3)37(43-33)13-12-28-29-11-10-27-15-32(40)26(20-39)18-36(27,4)31(29)16-30(28)23(2)17-37;1-16-9-26-27(30-14-16)18(3)29(33-26)8-7-21-22-6-5-20-10-25-19(15-31-32-25)13-28(20,4)24(22)11-23(21)17(2)12-29/h5-9,20,22,24,27-29,31,33-34,39H,10-19,21H2,1-4H3;15-16,18,20-22,24,26-27,30H,5-14H2,1-4H3,(H,31,32)/b26-20-;/t22-,24+,27+,28-,29-,31-,33+,34-,36-,37-;16-,18+,20+,21-,22-,24-,26+,27-,28-,29-/m00/s1. The van der Waals surface area contributed by atoms with E-state index < -0.39 is 0 Å². The number of likely N-dealkylation sites (tertiary alicyclic amines) is 1. The van der Waals surface area contributed by atoms with Crippen LogP contribution >= 0.6 is 0 Å². The van der Waals surface area contributed by atoms with Crippen molar-refractivity contribution >= 4 is 11.9 Å². The number of H-pyrrole nitrogens is 1. The molecule has 76 heavy (non-hydrogen) atoms. The first-order chi connectivity index (χ1) is 36.5. The summed E-state index contributed by atoms with van der Waals surface area (Å²) in [5.41, 5.74) is 11.6. The fourth-order valence-corrected chi connectivity index (χ4v) is 21.0. The normalized spacial score (nSPS) is 46.6. The average Bonchev–Trinajstić information content (AvgIpc) is 4.39. The van der Waals surface area contributed by atoms with Gasteiger partial charge in [0.1, 0.15) is 6.61 Å². The molecular weight excluding hydrogens is 945 g/mol. The summed E-state index contributed by atoms with van der Waals surface area (Å²) in [6, 6.07) is 10.5. The second-order valence-corrected chi connectivity index (χ2v) is 28.8. The van der Waals surface area contributed by atoms with Crippen molar-refractivity contribution in [3.05, 3.63) is 87.5 Å². The molecule has 12 aliphatic rings. The number of hydrogen-bond donors (Lipinski definition) is 3. The Labute approximate surface area is 454 Å². The van der Waals surface area contributed by atoms with Crippen molar-refractivity contribution in [1.82, 2.24) is 20.4 Å². The number of hydrogen-bond acceptors (Lipinski definition) is 8. The molecule has 5 heterocycles. The zero-order valence-electron chi connectivity index (χ0n) is 47.5. The highest BCUT2D eigenvalue weighted by atomic mass is 16.6. The Kier molecular flexibility index (Phi) is 13.1. The van der Waals surface area contributed by atoms with E-state index in [2.05, 4.69) is 77.1 Å². The van der Waals surface area contributed by atoms with E-state index in [1.54, 1.807) is 11.1 Å². The van der Waals surface area contributed by atoms with Gasteiger partial charge in [-0.25, -0.2) is 4.79 Å². The maximum absolute atomic E-state index is 13.5. The number of allylic oxidation sites excluding steroid dienone is 3. The number of aromatic amines is 1. The van der Waals surface area contributed by atoms with Crippen LogP contribution in [0.25, 0.3) is 0 Å². The van der Waals surface area contributed by atoms with Crippen LogP contribution in [-0.2, 0) is 38.5 Å². The summed E-state index contributed by atoms with van der Waals surface area (Å²) < 4.78 is 20.1. The maximum atomic E-state index is 13.5. The minimum Gasteiger partial charge on any atom is -0.515 e. The van der Waals surface area contributed by atoms with Gasteiger partial charge in [-0.3, -0.25) is 9.89 Å². The number of aromatic nitrogens is 2. The Bertz CT molecular complexity index is 2670. The van der Waals surface area contributed by atoms with Crippen molar-refractivity contribution in [2.45, 2.75) is 213 Å². The van der Waals surface area contributed by atoms with Crippen molar-refractivity contribution < 1.29 is 28.9 Å². The van der Waals surface area contributed by atoms with Gasteiger partial charge in [0.05, 0.1) is 41.9 Å². The number of nitrogens with zero attached hydrogens (tertiary/aromatic N) is 2. The minimum absolute atomic E-state index is 0.0424. The van der Waals surface area contributed by atoms with Gasteiger partial charge in [-0.15, -0.1) is 0 Å². The molecule has 1 amide bonds. The van der Waals surface area contributed by atoms with Crippen LogP contribution in [0.3, 0.4) is 0 Å². The highest BCUT2D eigenvalue weighted by molar-refractivity contribution is 5.96. The molecule has 1 aromatic carbocycles. The molecule has 9 fully saturated rings. The number of carbonyl (C=O) groups is 2. The topological polar surface area (TPSA) is 126 Å². The smallest absolute Gasteiger partial charge is 0.410 e. The molecule has 20 atom stereocenters. The van der Waals surface area contributed by atoms with Gasteiger partial charge < -0.3 is 29.5 Å². The van der Waals surface area contributed by atoms with Gasteiger partial charge in [0.2, 0.25) is 0 Å². The third kappa shape index (κ3) is 8.24. The number of rotatable bonds is 2. The Morgan fingerprint density at radius 2 is 1.39 bits per heavy atom. The molecule has 4 saturated heterocycles. The third-order valence-corrected chi connectivity index (χ3v) is 25.0. The number of benzene rings is 1. The molecule has 8 aliphatic carbocycles. The van der Waals surface area contributed by atoms with E-state index in [-0.39, 0.29) is 46.6 Å². The number of carbonyl (C=O) groups excluding carboxylic acids is 2. The lowest BCUT2D eigenvalue weighted by molar-refractivity contribution is -0.124. The molecule has 2 aromatic rings. The summed E-state index contributed by atoms with van der Waals surface area (Å²) >= 11 is 0. The minimum atomic E-state index is -0.251. The number of piperidine rings is 2. The van der Waals surface area contributed by atoms with Crippen LogP contribution < -0.4 is 5.32 Å². The second-order valence-electron chi connectivity index (χ2n) is 28.8. The molecule has 5 saturated carbocycles. The van der Waals surface area contributed by atoms with E-state index in [0.717, 1.165) is 99.5 Å². The van der Waals surface area contributed by atoms with Crippen LogP contribution in [-0.4, -0.2) is 80.7 Å². The van der Waals surface area contributed by atoms with Crippen LogP contribution in [0.15, 0.2) is 70.7 Å². The summed E-state index contributed by atoms with van der Waals surface area (Å²) in [5.74, 6) is 7.69. The largest absolute Gasteiger partial charge is 0.515 e. The lowest BCUT2D eigenvalue weighted by Crippen LogP contribution is -2.54. The van der Waals surface area contributed by atoms with Crippen molar-refractivity contribution in [3.63, 3.8) is 0 Å². The summed E-state index contributed by atoms with van der Waals surface area (Å²) in [4.78, 5) is 28.2. The molecule has 10 nitrogen and oxygen atoms in total. The lowest BCUT2D eigenvalue weighted by Gasteiger charge is -2.52. The van der Waals surface area contributed by atoms with Crippen molar-refractivity contribution in [1.29, 1.82) is 0 Å². The predicted octanol–water partition coefficient (Wildman–Crippen LogP) is 13.2. The van der Waals surface area contributed by atoms with E-state index in [1.807, 2.05) is 40.8 Å². The number of aliphatic hydroxyl groups is 1. The van der Waals surface area contributed by atoms with E-state index in [4.69, 9.17) is 14.2 Å². The maximum Gasteiger partial charge on any atom is 0.410 e. The number of amides is 1. The molecule has 412 valence electrons. The Hall–Kier alpha value is -3.73. The molecule has 4 aliphatic heterocycles. The first-order valence-electron chi connectivity index (χ1n) is 30.8. The number of nitrogens with one attached hydrogen (secondary N) is 2. The molecule has 2 spiro atoms. The van der Waals surface area contributed by atoms with Crippen molar-refractivity contribution in [2.75, 3.05) is 13.1 Å². The fourth-order valence-electron chi connectivity index (χ4n) is 21.0. The highest BCUT2D eigenvalue weighted by Crippen LogP contribution is 2.67. The summed E-state index contributed by atoms with van der Waals surface area (Å²) in [5, 5.41) is 21.4. The summed E-state index contributed by atoms with van der Waals surface area (Å²) in [6.07, 6.45) is 24.0. The number of Topliss-reactive ketones (excluding diaryl/α,β-unsaturated/α-hetero) is 1. The number of ketones is 1. The van der Waals surface area contributed by atoms with Crippen LogP contribution in [0.4, 0.5) is 4.79 Å². The lowest BCUT2D eigenvalue weighted by atomic mass is 9.51. The number of aliphatic hydroxyl groups excluding tert-OH is 1. The van der Waals surface area contributed by atoms with E-state index in [1.165, 1.54) is 81.0 Å². The Balaban J connectivity index is 0.000000150. The fraction of sp³-hybridized carbons (Fsp3) is 0.742. The van der Waals surface area contributed by atoms with Crippen molar-refractivity contribution in [2.24, 2.45) is 81.8 Å². The van der Waals surface area contributed by atoms with Gasteiger partial charge >= 0.3 is 6.09 Å². The number of fused-ring (bicyclic) bond motifs is 13. The molecule has 0 bridgehead atoms. The van der Waals surface area contributed by atoms with Crippen LogP contribution in [0.5, 0.6) is 0 Å². The molecule has 10 heteroatoms. The second kappa shape index (κ2) is 19.2. The van der Waals surface area contributed by atoms with Crippen LogP contribution in [0.2, 0.25) is 0 Å². The van der Waals surface area contributed by atoms with Crippen LogP contribution in [0, 0.1) is 81.8 Å². The van der Waals surface area contributed by atoms with Gasteiger partial charge in [0.15, 0.2) is 5.78 Å². The zero-order chi connectivity index (χ0) is 52.6. The monoisotopic (exact) mass is 1040 g/mol. The van der Waals surface area contributed by atoms with E-state index >= 15 is 0 Å². The first-order valence-corrected chi connectivity index (χ1v) is 30.8. The zero-order valence-corrected chi connectivity index (χ0v) is 47.5. The SMILES string of the molecule is CC1=C2C[C@H]3[C@@H](CC[C@@H]4CC(=O)/C(=C\O)C[C@@]43C)[C@@H]2CC[C@@]2(C1)O[C@@H]1C[C@H](C)CN(C(=O)OCc3ccccc3)[C@H]1[C@H]2C.CC1=C2C[C@H]3[C@@H](CC[C@@H]4Cc5[nH]ncc5C[C@@]43C)[C@@H]2CC[C@@]2(C1)O[C@@H]1C[C@H](C)CN[C@H]1[C@H]2C. The Morgan fingerprint density at radius 3 is 2.07 bits per heavy atom. The van der Waals surface area contributed by atoms with E-state index in [9.17, 15) is 14.7 Å². The highest BCUT2D eigenvalue weighted by Gasteiger charge is 2.63. The van der Waals surface area contributed by atoms with Gasteiger partial charge in [-0.1, -0.05) is 94.2 Å². The Morgan fingerprint density at radius 1 is 0.776 bits per heavy atom. The third-order valence-electron chi connectivity index (χ3n) is 25.0. The first kappa shape index (κ1) is 51.7. The molecule has 14 rings (SSSR count). The molecular formula is C66H92N4O6. The molecule has 1 aromatic heterocycles. The van der Waals surface area contributed by atoms with Crippen LogP contribution in [0.1, 0.15) is 175 Å².